The van der Waals surface area contributed by atoms with Crippen molar-refractivity contribution in [3.63, 3.8) is 0 Å². The molecule has 0 aliphatic carbocycles. The van der Waals surface area contributed by atoms with Gasteiger partial charge in [-0.1, -0.05) is 25.5 Å². The molecule has 2 aromatic rings. The third-order valence-corrected chi connectivity index (χ3v) is 3.12. The molecule has 0 bridgehead atoms. The molecule has 0 heterocycles. The van der Waals surface area contributed by atoms with Crippen molar-refractivity contribution in [2.45, 2.75) is 26.7 Å². The minimum atomic E-state index is -0.200. The normalized spacial score (nSPS) is 11.0. The number of rotatable bonds is 5. The molecule has 0 saturated carbocycles. The summed E-state index contributed by atoms with van der Waals surface area (Å²) < 4.78 is 0. The number of phenolic OH excluding ortho intramolecular Hbond substituents is 1. The highest BCUT2D eigenvalue weighted by Crippen LogP contribution is 2.25. The highest BCUT2D eigenvalue weighted by Gasteiger charge is 2.06. The third kappa shape index (κ3) is 3.99. The van der Waals surface area contributed by atoms with Crippen molar-refractivity contribution in [3.05, 3.63) is 53.6 Å². The van der Waals surface area contributed by atoms with Crippen molar-refractivity contribution in [2.75, 3.05) is 0 Å². The van der Waals surface area contributed by atoms with Gasteiger partial charge in [0.2, 0.25) is 0 Å². The summed E-state index contributed by atoms with van der Waals surface area (Å²) >= 11 is 0. The fraction of sp³-hybridized carbons (Fsp3) is 0.235. The molecule has 0 radical (unpaired) electrons. The molecule has 4 heteroatoms. The fourth-order valence-corrected chi connectivity index (χ4v) is 2.00. The van der Waals surface area contributed by atoms with Gasteiger partial charge in [0.1, 0.15) is 5.75 Å². The standard InChI is InChI=1S/C17H18N2O2/c1-3-4-13-5-7-14(8-6-13)18-19-15-9-10-17(21)16(11-15)12(2)20/h5-11,21H,3-4H2,1-2H3. The molecule has 2 aromatic carbocycles. The summed E-state index contributed by atoms with van der Waals surface area (Å²) in [6, 6.07) is 12.5. The number of phenols is 1. The lowest BCUT2D eigenvalue weighted by Gasteiger charge is -2.01. The largest absolute Gasteiger partial charge is 0.507 e. The van der Waals surface area contributed by atoms with Gasteiger partial charge in [-0.2, -0.15) is 10.2 Å². The van der Waals surface area contributed by atoms with E-state index in [2.05, 4.69) is 17.2 Å². The van der Waals surface area contributed by atoms with Gasteiger partial charge >= 0.3 is 0 Å². The van der Waals surface area contributed by atoms with Gasteiger partial charge in [0.15, 0.2) is 5.78 Å². The van der Waals surface area contributed by atoms with Gasteiger partial charge in [0.05, 0.1) is 16.9 Å². The number of nitrogens with zero attached hydrogens (tertiary/aromatic N) is 2. The van der Waals surface area contributed by atoms with Gasteiger partial charge in [-0.15, -0.1) is 0 Å². The minimum absolute atomic E-state index is 0.0367. The number of hydrogen-bond donors (Lipinski definition) is 1. The topological polar surface area (TPSA) is 62.0 Å². The molecule has 21 heavy (non-hydrogen) atoms. The second-order valence-corrected chi connectivity index (χ2v) is 4.87. The van der Waals surface area contributed by atoms with Crippen LogP contribution in [0.15, 0.2) is 52.7 Å². The maximum atomic E-state index is 11.4. The zero-order valence-electron chi connectivity index (χ0n) is 12.2. The number of benzene rings is 2. The van der Waals surface area contributed by atoms with E-state index in [9.17, 15) is 9.90 Å². The fourth-order valence-electron chi connectivity index (χ4n) is 2.00. The summed E-state index contributed by atoms with van der Waals surface area (Å²) in [5.41, 5.74) is 2.83. The SMILES string of the molecule is CCCc1ccc(N=Nc2ccc(O)c(C(C)=O)c2)cc1. The number of ketones is 1. The van der Waals surface area contributed by atoms with Crippen molar-refractivity contribution in [1.82, 2.24) is 0 Å². The van der Waals surface area contributed by atoms with E-state index in [1.165, 1.54) is 24.6 Å². The second kappa shape index (κ2) is 6.79. The molecular weight excluding hydrogens is 264 g/mol. The highest BCUT2D eigenvalue weighted by molar-refractivity contribution is 5.97. The van der Waals surface area contributed by atoms with E-state index in [1.54, 1.807) is 6.07 Å². The molecule has 0 aliphatic rings. The van der Waals surface area contributed by atoms with Crippen LogP contribution in [-0.2, 0) is 6.42 Å². The Labute approximate surface area is 124 Å². The first-order valence-corrected chi connectivity index (χ1v) is 6.95. The van der Waals surface area contributed by atoms with Gasteiger partial charge < -0.3 is 5.11 Å². The van der Waals surface area contributed by atoms with Gasteiger partial charge in [-0.3, -0.25) is 4.79 Å². The summed E-state index contributed by atoms with van der Waals surface area (Å²) in [6.07, 6.45) is 2.17. The number of Topliss-reactive ketones (excluding diaryl/α,β-unsaturated/α-hetero) is 1. The maximum Gasteiger partial charge on any atom is 0.163 e. The number of aryl methyl sites for hydroxylation is 1. The Hall–Kier alpha value is -2.49. The number of carbonyl (C=O) groups excluding carboxylic acids is 1. The van der Waals surface area contributed by atoms with Crippen LogP contribution in [0.2, 0.25) is 0 Å². The van der Waals surface area contributed by atoms with Crippen molar-refractivity contribution < 1.29 is 9.90 Å². The van der Waals surface area contributed by atoms with E-state index >= 15 is 0 Å². The average molecular weight is 282 g/mol. The maximum absolute atomic E-state index is 11.4. The molecule has 0 spiro atoms. The third-order valence-electron chi connectivity index (χ3n) is 3.12. The second-order valence-electron chi connectivity index (χ2n) is 4.87. The number of aromatic hydroxyl groups is 1. The van der Waals surface area contributed by atoms with E-state index in [1.807, 2.05) is 24.3 Å². The number of hydrogen-bond acceptors (Lipinski definition) is 4. The van der Waals surface area contributed by atoms with Crippen LogP contribution in [0.25, 0.3) is 0 Å². The molecule has 4 nitrogen and oxygen atoms in total. The summed E-state index contributed by atoms with van der Waals surface area (Å²) in [6.45, 7) is 3.55. The van der Waals surface area contributed by atoms with Crippen molar-refractivity contribution in [3.8, 4) is 5.75 Å². The molecule has 0 saturated heterocycles. The first kappa shape index (κ1) is 14.9. The number of azo groups is 1. The highest BCUT2D eigenvalue weighted by atomic mass is 16.3. The predicted molar refractivity (Wildman–Crippen MR) is 82.7 cm³/mol. The molecule has 1 N–H and O–H groups in total. The monoisotopic (exact) mass is 282 g/mol. The van der Waals surface area contributed by atoms with Crippen LogP contribution < -0.4 is 0 Å². The molecule has 0 unspecified atom stereocenters. The van der Waals surface area contributed by atoms with Crippen molar-refractivity contribution in [1.29, 1.82) is 0 Å². The average Bonchev–Trinajstić information content (AvgIpc) is 2.48. The van der Waals surface area contributed by atoms with Crippen LogP contribution >= 0.6 is 0 Å². The van der Waals surface area contributed by atoms with Gasteiger partial charge in [-0.05, 0) is 49.2 Å². The Kier molecular flexibility index (Phi) is 4.82. The molecular formula is C17H18N2O2. The van der Waals surface area contributed by atoms with Gasteiger partial charge in [-0.25, -0.2) is 0 Å². The lowest BCUT2D eigenvalue weighted by Crippen LogP contribution is -1.91. The quantitative estimate of drug-likeness (QED) is 0.622. The lowest BCUT2D eigenvalue weighted by atomic mass is 10.1. The first-order valence-electron chi connectivity index (χ1n) is 6.95. The molecule has 0 aromatic heterocycles. The van der Waals surface area contributed by atoms with Crippen molar-refractivity contribution in [2.24, 2.45) is 10.2 Å². The lowest BCUT2D eigenvalue weighted by molar-refractivity contribution is 0.101. The smallest absolute Gasteiger partial charge is 0.163 e. The summed E-state index contributed by atoms with van der Waals surface area (Å²) in [4.78, 5) is 11.4. The first-order chi connectivity index (χ1) is 10.1. The molecule has 0 aliphatic heterocycles. The molecule has 0 atom stereocenters. The Morgan fingerprint density at radius 3 is 2.29 bits per heavy atom. The molecule has 0 fully saturated rings. The Balaban J connectivity index is 2.17. The van der Waals surface area contributed by atoms with Crippen molar-refractivity contribution >= 4 is 17.2 Å². The van der Waals surface area contributed by atoms with E-state index in [4.69, 9.17) is 0 Å². The van der Waals surface area contributed by atoms with Gasteiger partial charge in [0, 0.05) is 0 Å². The Morgan fingerprint density at radius 2 is 1.67 bits per heavy atom. The summed E-state index contributed by atoms with van der Waals surface area (Å²) in [7, 11) is 0. The Morgan fingerprint density at radius 1 is 1.05 bits per heavy atom. The zero-order chi connectivity index (χ0) is 15.2. The van der Waals surface area contributed by atoms with Crippen LogP contribution in [0, 0.1) is 0 Å². The van der Waals surface area contributed by atoms with Gasteiger partial charge in [0.25, 0.3) is 0 Å². The van der Waals surface area contributed by atoms with E-state index in [0.717, 1.165) is 18.5 Å². The molecule has 0 amide bonds. The number of carbonyl (C=O) groups is 1. The molecule has 108 valence electrons. The Bertz CT molecular complexity index is 661. The van der Waals surface area contributed by atoms with E-state index < -0.39 is 0 Å². The van der Waals surface area contributed by atoms with Crippen LogP contribution in [0.4, 0.5) is 11.4 Å². The van der Waals surface area contributed by atoms with Crippen LogP contribution in [0.5, 0.6) is 5.75 Å². The minimum Gasteiger partial charge on any atom is -0.507 e. The predicted octanol–water partition coefficient (Wildman–Crippen LogP) is 4.96. The van der Waals surface area contributed by atoms with E-state index in [0.29, 0.717) is 5.69 Å². The van der Waals surface area contributed by atoms with Crippen LogP contribution in [0.3, 0.4) is 0 Å². The summed E-state index contributed by atoms with van der Waals surface area (Å²) in [5, 5.41) is 17.8. The van der Waals surface area contributed by atoms with E-state index in [-0.39, 0.29) is 17.1 Å². The van der Waals surface area contributed by atoms with Crippen LogP contribution in [-0.4, -0.2) is 10.9 Å². The summed E-state index contributed by atoms with van der Waals surface area (Å²) in [5.74, 6) is -0.237. The molecule has 2 rings (SSSR count). The zero-order valence-corrected chi connectivity index (χ0v) is 12.2. The van der Waals surface area contributed by atoms with Crippen LogP contribution in [0.1, 0.15) is 36.2 Å².